The maximum absolute atomic E-state index is 14.8. The fourth-order valence-electron chi connectivity index (χ4n) is 6.26. The fraction of sp³-hybridized carbons (Fsp3) is 0.400. The van der Waals surface area contributed by atoms with Crippen LogP contribution in [-0.2, 0) is 24.0 Å². The van der Waals surface area contributed by atoms with Crippen molar-refractivity contribution in [2.45, 2.75) is 55.1 Å². The van der Waals surface area contributed by atoms with E-state index in [4.69, 9.17) is 0 Å². The van der Waals surface area contributed by atoms with E-state index < -0.39 is 94.4 Å². The molecule has 0 spiro atoms. The molecule has 3 heterocycles. The summed E-state index contributed by atoms with van der Waals surface area (Å²) < 4.78 is -1.21. The third-order valence-corrected chi connectivity index (χ3v) is 10.5. The van der Waals surface area contributed by atoms with Gasteiger partial charge in [-0.3, -0.25) is 24.5 Å². The minimum atomic E-state index is -1.73. The Morgan fingerprint density at radius 1 is 0.855 bits per heavy atom. The number of hydrogen-bond acceptors (Lipinski definition) is 11. The van der Waals surface area contributed by atoms with Crippen LogP contribution < -0.4 is 31.9 Å². The number of carbonyl (C=O) groups excluding carboxylic acids is 8. The Kier molecular flexibility index (Phi) is 12.4. The average molecular weight is 780 g/mol. The normalized spacial score (nSPS) is 20.3. The Labute approximate surface area is 319 Å². The van der Waals surface area contributed by atoms with Gasteiger partial charge in [-0.25, -0.2) is 38.7 Å². The number of thioether (sulfide) groups is 1. The van der Waals surface area contributed by atoms with Gasteiger partial charge in [0.2, 0.25) is 17.7 Å². The number of carboxylic acid groups (broad SMARTS) is 1. The number of carboxylic acids is 1. The van der Waals surface area contributed by atoms with Gasteiger partial charge in [0.05, 0.1) is 11.9 Å². The number of urea groups is 4. The van der Waals surface area contributed by atoms with Gasteiger partial charge in [0.15, 0.2) is 6.04 Å². The van der Waals surface area contributed by atoms with Crippen molar-refractivity contribution in [1.29, 1.82) is 0 Å². The lowest BCUT2D eigenvalue weighted by Gasteiger charge is -2.35. The monoisotopic (exact) mass is 779 g/mol. The molecule has 0 radical (unpaired) electrons. The molecule has 0 bridgehead atoms. The third kappa shape index (κ3) is 9.03. The molecule has 2 aromatic carbocycles. The van der Waals surface area contributed by atoms with E-state index in [9.17, 15) is 48.3 Å². The summed E-state index contributed by atoms with van der Waals surface area (Å²) in [5.41, 5.74) is 0.466. The van der Waals surface area contributed by atoms with Crippen LogP contribution in [0.1, 0.15) is 44.0 Å². The van der Waals surface area contributed by atoms with Crippen LogP contribution in [0.15, 0.2) is 60.7 Å². The number of hydrogen-bond donors (Lipinski definition) is 7. The van der Waals surface area contributed by atoms with E-state index in [0.717, 1.165) is 21.6 Å². The van der Waals surface area contributed by atoms with Crippen LogP contribution in [0.3, 0.4) is 0 Å². The molecule has 292 valence electrons. The molecule has 3 saturated heterocycles. The van der Waals surface area contributed by atoms with E-state index in [1.165, 1.54) is 31.2 Å². The van der Waals surface area contributed by atoms with Crippen molar-refractivity contribution in [1.82, 2.24) is 46.6 Å². The molecule has 5 rings (SSSR count). The third-order valence-electron chi connectivity index (χ3n) is 9.00. The topological polar surface area (TPSA) is 256 Å². The van der Waals surface area contributed by atoms with Gasteiger partial charge in [-0.05, 0) is 31.9 Å². The molecule has 20 heteroatoms. The SMILES string of the molecule is CC(=O)CNC(=O)[C@@H](c1ccccc1)N(C(=O)[C@H]1N[C@H]([C@H](NC(=O)[C@H](NC(=O)N2CCNC2=O)c2ccccc2)C(=O)O)SC1(C)C)C(=O)N1CCNC1=O. The minimum Gasteiger partial charge on any atom is -0.480 e. The molecular formula is C35H41N9O10S. The molecule has 0 aliphatic carbocycles. The number of nitrogens with one attached hydrogen (secondary N) is 6. The first-order valence-electron chi connectivity index (χ1n) is 17.2. The Balaban J connectivity index is 1.45. The Morgan fingerprint density at radius 3 is 1.95 bits per heavy atom. The van der Waals surface area contributed by atoms with Crippen LogP contribution in [-0.4, -0.2) is 128 Å². The number of rotatable bonds is 12. The highest BCUT2D eigenvalue weighted by Gasteiger charge is 2.54. The van der Waals surface area contributed by atoms with Gasteiger partial charge in [0.25, 0.3) is 0 Å². The Hall–Kier alpha value is -6.02. The van der Waals surface area contributed by atoms with Crippen molar-refractivity contribution >= 4 is 65.4 Å². The molecule has 0 unspecified atom stereocenters. The molecule has 11 amide bonds. The lowest BCUT2D eigenvalue weighted by Crippen LogP contribution is -2.61. The number of amides is 11. The van der Waals surface area contributed by atoms with Gasteiger partial charge in [0, 0.05) is 30.9 Å². The predicted molar refractivity (Wildman–Crippen MR) is 195 cm³/mol. The van der Waals surface area contributed by atoms with Crippen LogP contribution in [0.25, 0.3) is 0 Å². The second-order valence-corrected chi connectivity index (χ2v) is 15.1. The van der Waals surface area contributed by atoms with Gasteiger partial charge in [-0.1, -0.05) is 60.7 Å². The van der Waals surface area contributed by atoms with Crippen LogP contribution in [0.2, 0.25) is 0 Å². The second-order valence-electron chi connectivity index (χ2n) is 13.4. The van der Waals surface area contributed by atoms with Crippen LogP contribution >= 0.6 is 11.8 Å². The first-order chi connectivity index (χ1) is 26.1. The van der Waals surface area contributed by atoms with Gasteiger partial charge in [-0.15, -0.1) is 11.8 Å². The molecular weight excluding hydrogens is 739 g/mol. The number of aliphatic carboxylic acids is 1. The summed E-state index contributed by atoms with van der Waals surface area (Å²) in [6, 6.07) is 6.02. The second kappa shape index (κ2) is 17.0. The van der Waals surface area contributed by atoms with Crippen molar-refractivity contribution < 1.29 is 48.3 Å². The smallest absolute Gasteiger partial charge is 0.335 e. The summed E-state index contributed by atoms with van der Waals surface area (Å²) in [5, 5.41) is 24.5. The van der Waals surface area contributed by atoms with E-state index in [-0.39, 0.29) is 37.3 Å². The largest absolute Gasteiger partial charge is 0.480 e. The highest BCUT2D eigenvalue weighted by Crippen LogP contribution is 2.41. The van der Waals surface area contributed by atoms with Crippen molar-refractivity contribution in [2.24, 2.45) is 0 Å². The minimum absolute atomic E-state index is 0.0458. The number of ketones is 1. The molecule has 0 saturated carbocycles. The molecule has 5 atom stereocenters. The number of Topliss-reactive ketones (excluding diaryl/α,β-unsaturated/α-hetero) is 1. The number of imide groups is 3. The summed E-state index contributed by atoms with van der Waals surface area (Å²) in [6.07, 6.45) is 0. The molecule has 7 N–H and O–H groups in total. The molecule has 3 aliphatic heterocycles. The van der Waals surface area contributed by atoms with Gasteiger partial charge >= 0.3 is 30.1 Å². The highest BCUT2D eigenvalue weighted by atomic mass is 32.2. The van der Waals surface area contributed by atoms with Gasteiger partial charge in [-0.2, -0.15) is 0 Å². The van der Waals surface area contributed by atoms with Gasteiger partial charge < -0.3 is 31.7 Å². The van der Waals surface area contributed by atoms with E-state index in [1.807, 2.05) is 0 Å². The lowest BCUT2D eigenvalue weighted by molar-refractivity contribution is -0.143. The van der Waals surface area contributed by atoms with Crippen LogP contribution in [0, 0.1) is 0 Å². The average Bonchev–Trinajstić information content (AvgIpc) is 3.87. The first kappa shape index (κ1) is 40.2. The van der Waals surface area contributed by atoms with Gasteiger partial charge in [0.1, 0.15) is 23.9 Å². The standard InChI is InChI=1S/C35H41N9O10S/c1-19(45)18-38-27(47)24(21-12-8-5-9-13-21)44(34(54)43-17-15-37-32(43)52)29(48)25-35(2,3)55-28(41-25)23(30(49)50)39-26(46)22(20-10-6-4-7-11-20)40-33(53)42-16-14-36-31(42)51/h4-13,22-25,28,41H,14-18H2,1-3H3,(H,36,51)(H,37,52)(H,38,47)(H,39,46)(H,40,53)(H,49,50)/t22-,23+,24-,25-,28+/m1/s1. The fourth-order valence-corrected chi connectivity index (χ4v) is 7.74. The summed E-state index contributed by atoms with van der Waals surface area (Å²) in [7, 11) is 0. The first-order valence-corrected chi connectivity index (χ1v) is 18.1. The van der Waals surface area contributed by atoms with E-state index in [2.05, 4.69) is 31.9 Å². The predicted octanol–water partition coefficient (Wildman–Crippen LogP) is 0.262. The number of benzene rings is 2. The van der Waals surface area contributed by atoms with Crippen molar-refractivity contribution in [3.63, 3.8) is 0 Å². The van der Waals surface area contributed by atoms with E-state index in [0.29, 0.717) is 4.90 Å². The van der Waals surface area contributed by atoms with Crippen LogP contribution in [0.4, 0.5) is 19.2 Å². The number of nitrogens with zero attached hydrogens (tertiary/aromatic N) is 3. The molecule has 3 aliphatic rings. The van der Waals surface area contributed by atoms with E-state index in [1.54, 1.807) is 50.2 Å². The zero-order valence-electron chi connectivity index (χ0n) is 30.1. The highest BCUT2D eigenvalue weighted by molar-refractivity contribution is 8.01. The van der Waals surface area contributed by atoms with Crippen molar-refractivity contribution in [2.75, 3.05) is 32.7 Å². The lowest BCUT2D eigenvalue weighted by atomic mass is 9.98. The number of carbonyl (C=O) groups is 9. The summed E-state index contributed by atoms with van der Waals surface area (Å²) in [4.78, 5) is 121. The molecule has 2 aromatic rings. The molecule has 0 aromatic heterocycles. The summed E-state index contributed by atoms with van der Waals surface area (Å²) in [6.45, 7) is 4.24. The zero-order valence-corrected chi connectivity index (χ0v) is 30.9. The summed E-state index contributed by atoms with van der Waals surface area (Å²) in [5.74, 6) is -4.74. The molecule has 55 heavy (non-hydrogen) atoms. The maximum Gasteiger partial charge on any atom is 0.335 e. The molecule has 3 fully saturated rings. The quantitative estimate of drug-likeness (QED) is 0.153. The Morgan fingerprint density at radius 2 is 1.42 bits per heavy atom. The Bertz CT molecular complexity index is 1860. The van der Waals surface area contributed by atoms with Crippen LogP contribution in [0.5, 0.6) is 0 Å². The van der Waals surface area contributed by atoms with Crippen molar-refractivity contribution in [3.8, 4) is 0 Å². The van der Waals surface area contributed by atoms with E-state index >= 15 is 0 Å². The zero-order chi connectivity index (χ0) is 40.0. The summed E-state index contributed by atoms with van der Waals surface area (Å²) >= 11 is 0.965. The van der Waals surface area contributed by atoms with Crippen molar-refractivity contribution in [3.05, 3.63) is 71.8 Å². The molecule has 19 nitrogen and oxygen atoms in total. The maximum atomic E-state index is 14.8.